The lowest BCUT2D eigenvalue weighted by Crippen LogP contribution is -2.65. The Morgan fingerprint density at radius 3 is 1.32 bits per heavy atom. The molecule has 0 aromatic rings. The van der Waals surface area contributed by atoms with E-state index >= 15 is 0 Å². The summed E-state index contributed by atoms with van der Waals surface area (Å²) < 4.78 is 22.8. The minimum absolute atomic E-state index is 0.214. The highest BCUT2D eigenvalue weighted by molar-refractivity contribution is 5.76. The highest BCUT2D eigenvalue weighted by Crippen LogP contribution is 2.30. The summed E-state index contributed by atoms with van der Waals surface area (Å²) in [7, 11) is 0. The van der Waals surface area contributed by atoms with Crippen molar-refractivity contribution in [3.05, 3.63) is 12.2 Å². The average molecular weight is 1060 g/mol. The average Bonchev–Trinajstić information content (AvgIpc) is 3.40. The Bertz CT molecular complexity index is 1290. The van der Waals surface area contributed by atoms with Gasteiger partial charge in [0.2, 0.25) is 5.91 Å². The summed E-state index contributed by atoms with van der Waals surface area (Å²) in [6.07, 6.45) is 36.7. The number of ether oxygens (including phenoxy) is 4. The lowest BCUT2D eigenvalue weighted by atomic mass is 9.97. The third-order valence-corrected chi connectivity index (χ3v) is 15.5. The molecule has 2 rings (SSSR count). The van der Waals surface area contributed by atoms with E-state index in [1.807, 2.05) is 0 Å². The second-order valence-electron chi connectivity index (χ2n) is 22.2. The molecule has 2 heterocycles. The van der Waals surface area contributed by atoms with E-state index in [-0.39, 0.29) is 12.5 Å². The Labute approximate surface area is 450 Å². The van der Waals surface area contributed by atoms with Gasteiger partial charge in [0.05, 0.1) is 32.0 Å². The fourth-order valence-electron chi connectivity index (χ4n) is 10.5. The van der Waals surface area contributed by atoms with E-state index in [0.717, 1.165) is 64.2 Å². The number of allylic oxidation sites excluding steroid dienone is 2. The van der Waals surface area contributed by atoms with E-state index in [4.69, 9.17) is 18.9 Å². The standard InChI is InChI=1S/C60H115NO13/c1-3-5-7-9-11-13-15-16-17-18-19-20-21-22-23-24-25-26-27-28-29-30-31-32-34-35-37-39-41-43-49(64)48(61-52(65)44-42-40-38-36-33-14-12-10-8-6-4-2)47-71-59-57(70)55(68)58(51(46-63)73-59)74-60-56(69)54(67)53(66)50(45-62)72-60/h10,12,48-51,53-60,62-64,66-70H,3-9,11,13-47H2,1-2H3,(H,61,65)/b12-10-. The van der Waals surface area contributed by atoms with E-state index in [1.54, 1.807) is 0 Å². The van der Waals surface area contributed by atoms with Crippen molar-refractivity contribution in [2.75, 3.05) is 19.8 Å². The summed E-state index contributed by atoms with van der Waals surface area (Å²) in [4.78, 5) is 13.2. The number of hydrogen-bond acceptors (Lipinski definition) is 13. The van der Waals surface area contributed by atoms with Gasteiger partial charge in [0.25, 0.3) is 0 Å². The van der Waals surface area contributed by atoms with Gasteiger partial charge >= 0.3 is 0 Å². The zero-order valence-corrected chi connectivity index (χ0v) is 47.1. The van der Waals surface area contributed by atoms with Crippen molar-refractivity contribution in [3.8, 4) is 0 Å². The van der Waals surface area contributed by atoms with Gasteiger partial charge in [-0.25, -0.2) is 0 Å². The van der Waals surface area contributed by atoms with Crippen molar-refractivity contribution < 1.29 is 64.6 Å². The molecule has 0 saturated carbocycles. The van der Waals surface area contributed by atoms with Crippen LogP contribution in [-0.4, -0.2) is 140 Å². The Kier molecular flexibility index (Phi) is 43.4. The summed E-state index contributed by atoms with van der Waals surface area (Å²) in [5.41, 5.74) is 0. The van der Waals surface area contributed by atoms with Crippen LogP contribution in [0.1, 0.15) is 271 Å². The number of aliphatic hydroxyl groups is 8. The molecule has 74 heavy (non-hydrogen) atoms. The largest absolute Gasteiger partial charge is 0.394 e. The second kappa shape index (κ2) is 46.6. The summed E-state index contributed by atoms with van der Waals surface area (Å²) in [6, 6.07) is -0.829. The molecule has 0 radical (unpaired) electrons. The van der Waals surface area contributed by atoms with Gasteiger partial charge < -0.3 is 65.1 Å². The molecule has 2 fully saturated rings. The van der Waals surface area contributed by atoms with Gasteiger partial charge in [-0.3, -0.25) is 4.79 Å². The first-order valence-corrected chi connectivity index (χ1v) is 30.9. The first kappa shape index (κ1) is 68.8. The highest BCUT2D eigenvalue weighted by atomic mass is 16.7. The van der Waals surface area contributed by atoms with Gasteiger partial charge in [-0.1, -0.05) is 244 Å². The highest BCUT2D eigenvalue weighted by Gasteiger charge is 2.51. The van der Waals surface area contributed by atoms with Crippen molar-refractivity contribution in [1.82, 2.24) is 5.32 Å². The smallest absolute Gasteiger partial charge is 0.220 e. The third kappa shape index (κ3) is 32.0. The molecule has 0 aromatic heterocycles. The summed E-state index contributed by atoms with van der Waals surface area (Å²) >= 11 is 0. The molecule has 14 nitrogen and oxygen atoms in total. The zero-order valence-electron chi connectivity index (χ0n) is 47.1. The van der Waals surface area contributed by atoms with Crippen LogP contribution in [0.5, 0.6) is 0 Å². The number of carbonyl (C=O) groups excluding carboxylic acids is 1. The van der Waals surface area contributed by atoms with Gasteiger partial charge in [0.1, 0.15) is 48.8 Å². The van der Waals surface area contributed by atoms with Gasteiger partial charge in [0.15, 0.2) is 12.6 Å². The maximum Gasteiger partial charge on any atom is 0.220 e. The molecular weight excluding hydrogens is 943 g/mol. The number of nitrogens with one attached hydrogen (secondary N) is 1. The molecule has 12 atom stereocenters. The topological polar surface area (TPSA) is 228 Å². The molecule has 438 valence electrons. The van der Waals surface area contributed by atoms with Crippen molar-refractivity contribution >= 4 is 5.91 Å². The number of amides is 1. The maximum atomic E-state index is 13.2. The number of unbranched alkanes of at least 4 members (excludes halogenated alkanes) is 35. The van der Waals surface area contributed by atoms with Crippen LogP contribution in [-0.2, 0) is 23.7 Å². The van der Waals surface area contributed by atoms with Crippen LogP contribution in [0.4, 0.5) is 0 Å². The zero-order chi connectivity index (χ0) is 53.9. The van der Waals surface area contributed by atoms with E-state index in [0.29, 0.717) is 19.3 Å². The van der Waals surface area contributed by atoms with Gasteiger partial charge in [-0.05, 0) is 32.1 Å². The minimum Gasteiger partial charge on any atom is -0.394 e. The molecular formula is C60H115NO13. The number of carbonyl (C=O) groups is 1. The first-order valence-electron chi connectivity index (χ1n) is 30.9. The molecule has 0 spiro atoms. The number of aliphatic hydroxyl groups excluding tert-OH is 8. The molecule has 0 aromatic carbocycles. The molecule has 0 bridgehead atoms. The van der Waals surface area contributed by atoms with Crippen LogP contribution >= 0.6 is 0 Å². The number of rotatable bonds is 50. The molecule has 2 aliphatic heterocycles. The van der Waals surface area contributed by atoms with Crippen molar-refractivity contribution in [3.63, 3.8) is 0 Å². The van der Waals surface area contributed by atoms with Crippen LogP contribution in [0.15, 0.2) is 12.2 Å². The summed E-state index contributed by atoms with van der Waals surface area (Å²) in [5, 5.41) is 87.1. The van der Waals surface area contributed by atoms with Crippen LogP contribution in [0.3, 0.4) is 0 Å². The van der Waals surface area contributed by atoms with Gasteiger partial charge in [0, 0.05) is 6.42 Å². The van der Waals surface area contributed by atoms with E-state index in [9.17, 15) is 45.6 Å². The van der Waals surface area contributed by atoms with Crippen LogP contribution in [0.25, 0.3) is 0 Å². The quantitative estimate of drug-likeness (QED) is 0.0204. The normalized spacial score (nSPS) is 25.2. The molecule has 1 amide bonds. The Morgan fingerprint density at radius 1 is 0.473 bits per heavy atom. The molecule has 2 saturated heterocycles. The molecule has 14 heteroatoms. The van der Waals surface area contributed by atoms with Crippen molar-refractivity contribution in [1.29, 1.82) is 0 Å². The summed E-state index contributed by atoms with van der Waals surface area (Å²) in [5.74, 6) is -0.214. The van der Waals surface area contributed by atoms with Crippen LogP contribution < -0.4 is 5.32 Å². The predicted octanol–water partition coefficient (Wildman–Crippen LogP) is 10.7. The van der Waals surface area contributed by atoms with Crippen LogP contribution in [0, 0.1) is 0 Å². The predicted molar refractivity (Wildman–Crippen MR) is 295 cm³/mol. The molecule has 9 N–H and O–H groups in total. The minimum atomic E-state index is -1.78. The number of hydrogen-bond donors (Lipinski definition) is 9. The van der Waals surface area contributed by atoms with Crippen LogP contribution in [0.2, 0.25) is 0 Å². The van der Waals surface area contributed by atoms with Gasteiger partial charge in [-0.15, -0.1) is 0 Å². The SMILES string of the molecule is CCCC/C=C\CCCCCCCC(=O)NC(COC1OC(CO)C(OC2OC(CO)C(O)C(O)C2O)C(O)C1O)C(O)CCCCCCCCCCCCCCCCCCCCCCCCCCCCCCC. The summed E-state index contributed by atoms with van der Waals surface area (Å²) in [6.45, 7) is 2.84. The molecule has 12 unspecified atom stereocenters. The lowest BCUT2D eigenvalue weighted by Gasteiger charge is -2.46. The first-order chi connectivity index (χ1) is 36.1. The Balaban J connectivity index is 1.65. The lowest BCUT2D eigenvalue weighted by molar-refractivity contribution is -0.359. The molecule has 0 aliphatic carbocycles. The Hall–Kier alpha value is -1.27. The van der Waals surface area contributed by atoms with Gasteiger partial charge in [-0.2, -0.15) is 0 Å². The fourth-order valence-corrected chi connectivity index (χ4v) is 10.5. The monoisotopic (exact) mass is 1060 g/mol. The molecule has 2 aliphatic rings. The third-order valence-electron chi connectivity index (χ3n) is 15.5. The van der Waals surface area contributed by atoms with E-state index in [2.05, 4.69) is 31.3 Å². The van der Waals surface area contributed by atoms with Crippen molar-refractivity contribution in [2.45, 2.75) is 344 Å². The van der Waals surface area contributed by atoms with E-state index in [1.165, 1.54) is 173 Å². The Morgan fingerprint density at radius 2 is 0.865 bits per heavy atom. The van der Waals surface area contributed by atoms with E-state index < -0.39 is 86.8 Å². The maximum absolute atomic E-state index is 13.2. The van der Waals surface area contributed by atoms with Crippen molar-refractivity contribution in [2.24, 2.45) is 0 Å². The fraction of sp³-hybridized carbons (Fsp3) is 0.950. The second-order valence-corrected chi connectivity index (χ2v) is 22.2.